The number of carboxylic acid groups (broad SMARTS) is 1. The van der Waals surface area contributed by atoms with Crippen molar-refractivity contribution >= 4 is 28.6 Å². The third-order valence-corrected chi connectivity index (χ3v) is 6.35. The maximum absolute atomic E-state index is 11.0. The van der Waals surface area contributed by atoms with E-state index < -0.39 is 5.97 Å². The molecule has 0 spiro atoms. The van der Waals surface area contributed by atoms with Crippen molar-refractivity contribution in [3.8, 4) is 5.75 Å². The number of carboxylic acids is 1. The molecule has 0 aliphatic carbocycles. The maximum atomic E-state index is 11.0. The zero-order valence-corrected chi connectivity index (χ0v) is 15.6. The highest BCUT2D eigenvalue weighted by molar-refractivity contribution is 7.99. The zero-order chi connectivity index (χ0) is 18.1. The average Bonchev–Trinajstić information content (AvgIpc) is 3.24. The van der Waals surface area contributed by atoms with Crippen molar-refractivity contribution in [1.82, 2.24) is 15.2 Å². The lowest BCUT2D eigenvalue weighted by Crippen LogP contribution is -2.33. The number of ether oxygens (including phenoxy) is 1. The van der Waals surface area contributed by atoms with E-state index in [2.05, 4.69) is 16.3 Å². The second kappa shape index (κ2) is 7.42. The fourth-order valence-corrected chi connectivity index (χ4v) is 4.76. The minimum Gasteiger partial charge on any atom is -0.497 e. The highest BCUT2D eigenvalue weighted by Crippen LogP contribution is 2.32. The standard InChI is InChI=1S/C19H23N3O3S/c1-25-15-2-3-16-13(7-15)6-14(19(21-16)26-11-18(23)24)10-22-5-4-12-8-20-9-17(12)22/h2-3,6-7,12,17,20H,4-5,8-11H2,1H3,(H,23,24)/t12-,17+/m0/s1. The predicted molar refractivity (Wildman–Crippen MR) is 102 cm³/mol. The molecule has 26 heavy (non-hydrogen) atoms. The van der Waals surface area contributed by atoms with Crippen LogP contribution >= 0.6 is 11.8 Å². The average molecular weight is 373 g/mol. The van der Waals surface area contributed by atoms with Gasteiger partial charge in [0.15, 0.2) is 0 Å². The van der Waals surface area contributed by atoms with Gasteiger partial charge in [-0.05, 0) is 55.3 Å². The normalized spacial score (nSPS) is 22.7. The Labute approximate surface area is 156 Å². The second-order valence-electron chi connectivity index (χ2n) is 6.94. The Morgan fingerprint density at radius 2 is 2.31 bits per heavy atom. The molecule has 6 nitrogen and oxygen atoms in total. The molecule has 7 heteroatoms. The van der Waals surface area contributed by atoms with Gasteiger partial charge in [-0.15, -0.1) is 0 Å². The number of hydrogen-bond acceptors (Lipinski definition) is 6. The molecule has 0 amide bonds. The molecule has 0 unspecified atom stereocenters. The molecule has 2 aliphatic heterocycles. The minimum atomic E-state index is -0.821. The molecule has 2 aromatic rings. The lowest BCUT2D eigenvalue weighted by Gasteiger charge is -2.24. The van der Waals surface area contributed by atoms with Crippen LogP contribution in [0.5, 0.6) is 5.75 Å². The van der Waals surface area contributed by atoms with Crippen LogP contribution in [0.1, 0.15) is 12.0 Å². The molecular formula is C19H23N3O3S. The summed E-state index contributed by atoms with van der Waals surface area (Å²) in [5.41, 5.74) is 1.97. The number of hydrogen-bond donors (Lipinski definition) is 2. The second-order valence-corrected chi connectivity index (χ2v) is 7.90. The van der Waals surface area contributed by atoms with E-state index in [9.17, 15) is 4.79 Å². The number of rotatable bonds is 6. The van der Waals surface area contributed by atoms with Crippen molar-refractivity contribution in [3.63, 3.8) is 0 Å². The van der Waals surface area contributed by atoms with Crippen LogP contribution in [-0.2, 0) is 11.3 Å². The summed E-state index contributed by atoms with van der Waals surface area (Å²) in [6, 6.07) is 8.52. The Bertz CT molecular complexity index is 829. The van der Waals surface area contributed by atoms with Gasteiger partial charge in [0.2, 0.25) is 0 Å². The Morgan fingerprint density at radius 1 is 1.42 bits per heavy atom. The number of fused-ring (bicyclic) bond motifs is 2. The van der Waals surface area contributed by atoms with Crippen LogP contribution in [0.2, 0.25) is 0 Å². The lowest BCUT2D eigenvalue weighted by molar-refractivity contribution is -0.133. The van der Waals surface area contributed by atoms with Crippen LogP contribution in [0.25, 0.3) is 10.9 Å². The molecular weight excluding hydrogens is 350 g/mol. The van der Waals surface area contributed by atoms with E-state index in [1.165, 1.54) is 18.2 Å². The summed E-state index contributed by atoms with van der Waals surface area (Å²) in [6.07, 6.45) is 1.23. The van der Waals surface area contributed by atoms with Gasteiger partial charge in [0.25, 0.3) is 0 Å². The van der Waals surface area contributed by atoms with Gasteiger partial charge in [-0.25, -0.2) is 4.98 Å². The summed E-state index contributed by atoms with van der Waals surface area (Å²) in [7, 11) is 1.66. The van der Waals surface area contributed by atoms with Crippen LogP contribution in [0.4, 0.5) is 0 Å². The van der Waals surface area contributed by atoms with E-state index in [4.69, 9.17) is 14.8 Å². The highest BCUT2D eigenvalue weighted by atomic mass is 32.2. The van der Waals surface area contributed by atoms with Gasteiger partial charge in [0.1, 0.15) is 10.8 Å². The number of thioether (sulfide) groups is 1. The van der Waals surface area contributed by atoms with E-state index in [-0.39, 0.29) is 5.75 Å². The summed E-state index contributed by atoms with van der Waals surface area (Å²) in [6.45, 7) is 4.05. The molecule has 2 saturated heterocycles. The van der Waals surface area contributed by atoms with Gasteiger partial charge in [-0.2, -0.15) is 0 Å². The Kier molecular flexibility index (Phi) is 5.02. The molecule has 2 aliphatic rings. The van der Waals surface area contributed by atoms with Crippen molar-refractivity contribution in [2.75, 3.05) is 32.5 Å². The van der Waals surface area contributed by atoms with Crippen molar-refractivity contribution in [1.29, 1.82) is 0 Å². The van der Waals surface area contributed by atoms with Crippen molar-refractivity contribution < 1.29 is 14.6 Å². The van der Waals surface area contributed by atoms with Crippen LogP contribution in [0.15, 0.2) is 29.3 Å². The monoisotopic (exact) mass is 373 g/mol. The third kappa shape index (κ3) is 3.51. The quantitative estimate of drug-likeness (QED) is 0.752. The van der Waals surface area contributed by atoms with Gasteiger partial charge in [0, 0.05) is 24.5 Å². The van der Waals surface area contributed by atoms with E-state index in [0.29, 0.717) is 6.04 Å². The van der Waals surface area contributed by atoms with Gasteiger partial charge < -0.3 is 15.2 Å². The highest BCUT2D eigenvalue weighted by Gasteiger charge is 2.37. The molecule has 4 rings (SSSR count). The fraction of sp³-hybridized carbons (Fsp3) is 0.474. The summed E-state index contributed by atoms with van der Waals surface area (Å²) in [4.78, 5) is 18.3. The van der Waals surface area contributed by atoms with E-state index in [1.54, 1.807) is 7.11 Å². The first-order valence-corrected chi connectivity index (χ1v) is 9.89. The lowest BCUT2D eigenvalue weighted by atomic mass is 10.0. The van der Waals surface area contributed by atoms with E-state index in [1.807, 2.05) is 18.2 Å². The molecule has 138 valence electrons. The third-order valence-electron chi connectivity index (χ3n) is 5.33. The largest absolute Gasteiger partial charge is 0.497 e. The molecule has 0 saturated carbocycles. The summed E-state index contributed by atoms with van der Waals surface area (Å²) in [5.74, 6) is 0.741. The molecule has 0 bridgehead atoms. The number of methoxy groups -OCH3 is 1. The molecule has 3 heterocycles. The Hall–Kier alpha value is -1.83. The number of nitrogens with one attached hydrogen (secondary N) is 1. The number of aromatic nitrogens is 1. The number of carbonyl (C=O) groups is 1. The van der Waals surface area contributed by atoms with Gasteiger partial charge in [-0.3, -0.25) is 9.69 Å². The topological polar surface area (TPSA) is 74.7 Å². The first kappa shape index (κ1) is 17.6. The van der Waals surface area contributed by atoms with Crippen LogP contribution in [-0.4, -0.2) is 59.5 Å². The van der Waals surface area contributed by atoms with Gasteiger partial charge >= 0.3 is 5.97 Å². The van der Waals surface area contributed by atoms with Gasteiger partial charge in [-0.1, -0.05) is 11.8 Å². The van der Waals surface area contributed by atoms with Crippen LogP contribution < -0.4 is 10.1 Å². The molecule has 1 aromatic heterocycles. The minimum absolute atomic E-state index is 0.0231. The molecule has 2 N–H and O–H groups in total. The SMILES string of the molecule is COc1ccc2nc(SCC(=O)O)c(CN3CC[C@H]4CNC[C@H]43)cc2c1. The molecule has 2 fully saturated rings. The Morgan fingerprint density at radius 3 is 3.12 bits per heavy atom. The number of nitrogens with zero attached hydrogens (tertiary/aromatic N) is 2. The number of likely N-dealkylation sites (tertiary alicyclic amines) is 1. The predicted octanol–water partition coefficient (Wildman–Crippen LogP) is 2.21. The first-order valence-electron chi connectivity index (χ1n) is 8.91. The number of benzene rings is 1. The Balaban J connectivity index is 1.66. The van der Waals surface area contributed by atoms with Crippen LogP contribution in [0.3, 0.4) is 0 Å². The number of pyridine rings is 1. The molecule has 2 atom stereocenters. The fourth-order valence-electron chi connectivity index (χ4n) is 4.03. The summed E-state index contributed by atoms with van der Waals surface area (Å²) < 4.78 is 5.33. The van der Waals surface area contributed by atoms with E-state index in [0.717, 1.165) is 59.3 Å². The van der Waals surface area contributed by atoms with Gasteiger partial charge in [0.05, 0.1) is 18.4 Å². The van der Waals surface area contributed by atoms with Crippen molar-refractivity contribution in [3.05, 3.63) is 29.8 Å². The molecule has 1 aromatic carbocycles. The van der Waals surface area contributed by atoms with E-state index >= 15 is 0 Å². The van der Waals surface area contributed by atoms with Crippen molar-refractivity contribution in [2.45, 2.75) is 24.0 Å². The van der Waals surface area contributed by atoms with Crippen molar-refractivity contribution in [2.24, 2.45) is 5.92 Å². The first-order chi connectivity index (χ1) is 12.6. The zero-order valence-electron chi connectivity index (χ0n) is 14.8. The molecule has 0 radical (unpaired) electrons. The number of aliphatic carboxylic acids is 1. The summed E-state index contributed by atoms with van der Waals surface area (Å²) >= 11 is 1.30. The summed E-state index contributed by atoms with van der Waals surface area (Å²) in [5, 5.41) is 14.4. The van der Waals surface area contributed by atoms with Crippen LogP contribution in [0, 0.1) is 5.92 Å². The maximum Gasteiger partial charge on any atom is 0.313 e. The smallest absolute Gasteiger partial charge is 0.313 e.